The van der Waals surface area contributed by atoms with Crippen molar-refractivity contribution in [1.29, 1.82) is 0 Å². The normalized spacial score (nSPS) is 12.1. The number of aromatic nitrogens is 1. The number of anilines is 2. The summed E-state index contributed by atoms with van der Waals surface area (Å²) < 4.78 is 3.97. The van der Waals surface area contributed by atoms with E-state index in [-0.39, 0.29) is 22.2 Å². The maximum atomic E-state index is 13.9. The summed E-state index contributed by atoms with van der Waals surface area (Å²) in [6, 6.07) is 13.7. The Morgan fingerprint density at radius 3 is 1.97 bits per heavy atom. The van der Waals surface area contributed by atoms with Crippen molar-refractivity contribution in [3.63, 3.8) is 0 Å². The average molecular weight is 480 g/mol. The van der Waals surface area contributed by atoms with Crippen molar-refractivity contribution in [2.24, 2.45) is 5.73 Å². The zero-order valence-corrected chi connectivity index (χ0v) is 20.7. The minimum atomic E-state index is -1.01. The van der Waals surface area contributed by atoms with Crippen LogP contribution < -0.4 is 21.7 Å². The van der Waals surface area contributed by atoms with Crippen LogP contribution in [0.5, 0.6) is 0 Å². The van der Waals surface area contributed by atoms with Gasteiger partial charge in [-0.1, -0.05) is 47.5 Å². The number of aryl methyl sites for hydroxylation is 2. The summed E-state index contributed by atoms with van der Waals surface area (Å²) in [5, 5.41) is 2.99. The first kappa shape index (κ1) is 24.9. The highest BCUT2D eigenvalue weighted by Crippen LogP contribution is 2.33. The molecule has 0 aliphatic carbocycles. The van der Waals surface area contributed by atoms with Crippen LogP contribution in [0.4, 0.5) is 11.4 Å². The van der Waals surface area contributed by atoms with Crippen LogP contribution in [0, 0.1) is 13.8 Å². The monoisotopic (exact) mass is 479 g/mol. The van der Waals surface area contributed by atoms with Crippen LogP contribution in [0.15, 0.2) is 48.5 Å². The molecule has 34 heavy (non-hydrogen) atoms. The number of rotatable bonds is 6. The maximum Gasteiger partial charge on any atom is 0.273 e. The van der Waals surface area contributed by atoms with Gasteiger partial charge in [0.05, 0.1) is 5.69 Å². The highest BCUT2D eigenvalue weighted by atomic mass is 32.1. The molecule has 1 heterocycles. The standard InChI is InChI=1S/C25H29N5O3S/c1-14-6-10-16(11-7-14)20(23(32)28-25(3,4)5)30(17-12-8-15(2)9-13-17)24(33)21-18(26)19(22(27)31)29-34-21/h6-13,20H,26H2,1-5H3,(H2,27,31)(H,28,32)/t20-/m0/s1. The highest BCUT2D eigenvalue weighted by Gasteiger charge is 2.37. The lowest BCUT2D eigenvalue weighted by atomic mass is 9.99. The molecule has 178 valence electrons. The Balaban J connectivity index is 2.22. The number of nitrogens with one attached hydrogen (secondary N) is 1. The van der Waals surface area contributed by atoms with Crippen molar-refractivity contribution < 1.29 is 14.4 Å². The minimum absolute atomic E-state index is 0.0371. The minimum Gasteiger partial charge on any atom is -0.395 e. The second kappa shape index (κ2) is 9.64. The van der Waals surface area contributed by atoms with Gasteiger partial charge in [0.25, 0.3) is 11.8 Å². The third-order valence-electron chi connectivity index (χ3n) is 5.08. The predicted molar refractivity (Wildman–Crippen MR) is 135 cm³/mol. The molecule has 3 rings (SSSR count). The largest absolute Gasteiger partial charge is 0.395 e. The summed E-state index contributed by atoms with van der Waals surface area (Å²) in [5.41, 5.74) is 13.8. The van der Waals surface area contributed by atoms with E-state index in [0.29, 0.717) is 11.3 Å². The summed E-state index contributed by atoms with van der Waals surface area (Å²) in [5.74, 6) is -1.74. The second-order valence-electron chi connectivity index (χ2n) is 9.20. The Morgan fingerprint density at radius 1 is 0.971 bits per heavy atom. The third kappa shape index (κ3) is 5.43. The Bertz CT molecular complexity index is 1210. The van der Waals surface area contributed by atoms with E-state index < -0.39 is 23.4 Å². The molecule has 1 aromatic heterocycles. The van der Waals surface area contributed by atoms with Crippen molar-refractivity contribution in [3.05, 3.63) is 75.8 Å². The number of carbonyl (C=O) groups is 3. The van der Waals surface area contributed by atoms with E-state index in [1.807, 2.05) is 71.0 Å². The number of hydrogen-bond acceptors (Lipinski definition) is 6. The summed E-state index contributed by atoms with van der Waals surface area (Å²) >= 11 is 0.780. The fraction of sp³-hybridized carbons (Fsp3) is 0.280. The highest BCUT2D eigenvalue weighted by molar-refractivity contribution is 7.09. The average Bonchev–Trinajstić information content (AvgIpc) is 3.13. The number of carbonyl (C=O) groups excluding carboxylic acids is 3. The Kier molecular flexibility index (Phi) is 7.07. The quantitative estimate of drug-likeness (QED) is 0.495. The molecule has 0 unspecified atom stereocenters. The Morgan fingerprint density at radius 2 is 1.50 bits per heavy atom. The first-order chi connectivity index (χ1) is 15.9. The lowest BCUT2D eigenvalue weighted by Gasteiger charge is -2.33. The number of nitrogen functional groups attached to an aromatic ring is 1. The summed E-state index contributed by atoms with van der Waals surface area (Å²) in [6.45, 7) is 9.49. The van der Waals surface area contributed by atoms with Gasteiger partial charge >= 0.3 is 0 Å². The molecule has 3 amide bonds. The van der Waals surface area contributed by atoms with Crippen LogP contribution in [0.25, 0.3) is 0 Å². The van der Waals surface area contributed by atoms with Crippen molar-refractivity contribution in [2.75, 3.05) is 10.6 Å². The van der Waals surface area contributed by atoms with E-state index in [1.54, 1.807) is 12.1 Å². The third-order valence-corrected chi connectivity index (χ3v) is 5.94. The van der Waals surface area contributed by atoms with Gasteiger partial charge in [-0.15, -0.1) is 0 Å². The van der Waals surface area contributed by atoms with E-state index in [2.05, 4.69) is 9.69 Å². The second-order valence-corrected chi connectivity index (χ2v) is 9.97. The SMILES string of the molecule is Cc1ccc([C@@H](C(=O)NC(C)(C)C)N(C(=O)c2snc(C(N)=O)c2N)c2ccc(C)cc2)cc1. The Labute approximate surface area is 203 Å². The van der Waals surface area contributed by atoms with E-state index in [0.717, 1.165) is 22.7 Å². The number of primary amides is 1. The molecule has 0 aliphatic rings. The molecule has 0 aliphatic heterocycles. The van der Waals surface area contributed by atoms with Gasteiger partial charge in [0.2, 0.25) is 5.91 Å². The van der Waals surface area contributed by atoms with Crippen molar-refractivity contribution in [1.82, 2.24) is 9.69 Å². The van der Waals surface area contributed by atoms with Crippen LogP contribution in [-0.4, -0.2) is 27.6 Å². The number of hydrogen-bond donors (Lipinski definition) is 3. The van der Waals surface area contributed by atoms with Crippen LogP contribution in [0.2, 0.25) is 0 Å². The molecule has 0 bridgehead atoms. The molecule has 1 atom stereocenters. The van der Waals surface area contributed by atoms with E-state index in [4.69, 9.17) is 11.5 Å². The van der Waals surface area contributed by atoms with Gasteiger partial charge < -0.3 is 16.8 Å². The van der Waals surface area contributed by atoms with Crippen LogP contribution >= 0.6 is 11.5 Å². The zero-order valence-electron chi connectivity index (χ0n) is 19.9. The molecule has 0 saturated carbocycles. The van der Waals surface area contributed by atoms with Gasteiger partial charge in [0, 0.05) is 11.2 Å². The molecular weight excluding hydrogens is 450 g/mol. The molecule has 5 N–H and O–H groups in total. The van der Waals surface area contributed by atoms with Gasteiger partial charge in [0.15, 0.2) is 5.69 Å². The molecule has 9 heteroatoms. The van der Waals surface area contributed by atoms with E-state index in [9.17, 15) is 14.4 Å². The predicted octanol–water partition coefficient (Wildman–Crippen LogP) is 3.74. The number of nitrogens with zero attached hydrogens (tertiary/aromatic N) is 2. The van der Waals surface area contributed by atoms with Gasteiger partial charge in [-0.3, -0.25) is 19.3 Å². The summed E-state index contributed by atoms with van der Waals surface area (Å²) in [4.78, 5) is 40.7. The van der Waals surface area contributed by atoms with Crippen LogP contribution in [-0.2, 0) is 4.79 Å². The molecule has 0 fully saturated rings. The van der Waals surface area contributed by atoms with Gasteiger partial charge in [0.1, 0.15) is 10.9 Å². The van der Waals surface area contributed by atoms with Crippen molar-refractivity contribution in [2.45, 2.75) is 46.2 Å². The molecule has 8 nitrogen and oxygen atoms in total. The molecule has 0 spiro atoms. The maximum absolute atomic E-state index is 13.9. The fourth-order valence-corrected chi connectivity index (χ4v) is 4.17. The summed E-state index contributed by atoms with van der Waals surface area (Å²) in [7, 11) is 0. The number of nitrogens with two attached hydrogens (primary N) is 2. The number of benzene rings is 2. The lowest BCUT2D eigenvalue weighted by Crippen LogP contribution is -2.49. The van der Waals surface area contributed by atoms with Crippen LogP contribution in [0.3, 0.4) is 0 Å². The van der Waals surface area contributed by atoms with E-state index >= 15 is 0 Å². The molecule has 3 aromatic rings. The molecule has 0 saturated heterocycles. The number of amides is 3. The van der Waals surface area contributed by atoms with Gasteiger partial charge in [-0.25, -0.2) is 0 Å². The lowest BCUT2D eigenvalue weighted by molar-refractivity contribution is -0.123. The topological polar surface area (TPSA) is 131 Å². The smallest absolute Gasteiger partial charge is 0.273 e. The first-order valence-electron chi connectivity index (χ1n) is 10.7. The van der Waals surface area contributed by atoms with Crippen LogP contribution in [0.1, 0.15) is 63.7 Å². The molecule has 0 radical (unpaired) electrons. The molecule has 2 aromatic carbocycles. The van der Waals surface area contributed by atoms with Crippen molar-refractivity contribution >= 4 is 40.6 Å². The van der Waals surface area contributed by atoms with E-state index in [1.165, 1.54) is 4.90 Å². The Hall–Kier alpha value is -3.72. The fourth-order valence-electron chi connectivity index (χ4n) is 3.43. The zero-order chi connectivity index (χ0) is 25.2. The van der Waals surface area contributed by atoms with Crippen molar-refractivity contribution in [3.8, 4) is 0 Å². The van der Waals surface area contributed by atoms with Gasteiger partial charge in [-0.05, 0) is 63.8 Å². The summed E-state index contributed by atoms with van der Waals surface area (Å²) in [6.07, 6.45) is 0. The van der Waals surface area contributed by atoms with Gasteiger partial charge in [-0.2, -0.15) is 4.37 Å². The first-order valence-corrected chi connectivity index (χ1v) is 11.5. The molecular formula is C25H29N5O3S.